The number of hydrogen-bond acceptors (Lipinski definition) is 2. The molecule has 0 radical (unpaired) electrons. The SMILES string of the molecule is COc1ccc(F)cc1-c1ccccc1CO. The van der Waals surface area contributed by atoms with Gasteiger partial charge in [-0.05, 0) is 29.3 Å². The Hall–Kier alpha value is -1.87. The van der Waals surface area contributed by atoms with Crippen molar-refractivity contribution in [1.82, 2.24) is 0 Å². The molecule has 0 heterocycles. The minimum atomic E-state index is -0.325. The topological polar surface area (TPSA) is 29.5 Å². The molecule has 0 spiro atoms. The standard InChI is InChI=1S/C14H13FO2/c1-17-14-7-6-11(15)8-13(14)12-5-3-2-4-10(12)9-16/h2-8,16H,9H2,1H3. The number of ether oxygens (including phenoxy) is 1. The highest BCUT2D eigenvalue weighted by molar-refractivity contribution is 5.73. The van der Waals surface area contributed by atoms with Crippen LogP contribution in [0, 0.1) is 5.82 Å². The molecule has 2 aromatic rings. The molecule has 2 aromatic carbocycles. The van der Waals surface area contributed by atoms with E-state index in [1.54, 1.807) is 12.1 Å². The first-order valence-electron chi connectivity index (χ1n) is 5.29. The van der Waals surface area contributed by atoms with Gasteiger partial charge in [0, 0.05) is 5.56 Å². The average Bonchev–Trinajstić information content (AvgIpc) is 2.38. The number of aliphatic hydroxyl groups is 1. The van der Waals surface area contributed by atoms with Gasteiger partial charge in [0.25, 0.3) is 0 Å². The predicted octanol–water partition coefficient (Wildman–Crippen LogP) is 2.99. The third kappa shape index (κ3) is 2.29. The molecule has 2 nitrogen and oxygen atoms in total. The molecule has 0 aliphatic rings. The van der Waals surface area contributed by atoms with Crippen molar-refractivity contribution in [2.24, 2.45) is 0 Å². The third-order valence-corrected chi connectivity index (χ3v) is 2.64. The smallest absolute Gasteiger partial charge is 0.126 e. The first-order chi connectivity index (χ1) is 8.26. The zero-order valence-corrected chi connectivity index (χ0v) is 9.48. The number of rotatable bonds is 3. The van der Waals surface area contributed by atoms with E-state index >= 15 is 0 Å². The molecule has 0 aliphatic carbocycles. The maximum Gasteiger partial charge on any atom is 0.126 e. The van der Waals surface area contributed by atoms with Crippen molar-refractivity contribution in [2.45, 2.75) is 6.61 Å². The molecule has 0 fully saturated rings. The van der Waals surface area contributed by atoms with E-state index in [0.29, 0.717) is 11.3 Å². The highest BCUT2D eigenvalue weighted by Gasteiger charge is 2.10. The van der Waals surface area contributed by atoms with E-state index in [1.807, 2.05) is 18.2 Å². The Kier molecular flexibility index (Phi) is 3.40. The zero-order valence-electron chi connectivity index (χ0n) is 9.48. The van der Waals surface area contributed by atoms with Crippen molar-refractivity contribution in [3.05, 3.63) is 53.8 Å². The molecule has 2 rings (SSSR count). The maximum absolute atomic E-state index is 13.3. The lowest BCUT2D eigenvalue weighted by atomic mass is 9.99. The molecule has 1 N–H and O–H groups in total. The Balaban J connectivity index is 2.62. The molecule has 0 bridgehead atoms. The molecule has 0 saturated heterocycles. The fraction of sp³-hybridized carbons (Fsp3) is 0.143. The van der Waals surface area contributed by atoms with Crippen molar-refractivity contribution >= 4 is 0 Å². The van der Waals surface area contributed by atoms with Crippen molar-refractivity contribution in [1.29, 1.82) is 0 Å². The van der Waals surface area contributed by atoms with Crippen molar-refractivity contribution in [3.63, 3.8) is 0 Å². The number of methoxy groups -OCH3 is 1. The van der Waals surface area contributed by atoms with Crippen LogP contribution in [0.1, 0.15) is 5.56 Å². The van der Waals surface area contributed by atoms with Crippen LogP contribution in [0.25, 0.3) is 11.1 Å². The predicted molar refractivity (Wildman–Crippen MR) is 64.3 cm³/mol. The highest BCUT2D eigenvalue weighted by atomic mass is 19.1. The lowest BCUT2D eigenvalue weighted by Crippen LogP contribution is -1.93. The van der Waals surface area contributed by atoms with Crippen LogP contribution in [0.2, 0.25) is 0 Å². The summed E-state index contributed by atoms with van der Waals surface area (Å²) in [6.45, 7) is -0.0875. The third-order valence-electron chi connectivity index (χ3n) is 2.64. The molecule has 0 aliphatic heterocycles. The summed E-state index contributed by atoms with van der Waals surface area (Å²) in [5.74, 6) is 0.265. The molecule has 17 heavy (non-hydrogen) atoms. The molecule has 0 atom stereocenters. The monoisotopic (exact) mass is 232 g/mol. The van der Waals surface area contributed by atoms with Gasteiger partial charge in [-0.2, -0.15) is 0 Å². The van der Waals surface area contributed by atoms with Crippen LogP contribution in [-0.2, 0) is 6.61 Å². The highest BCUT2D eigenvalue weighted by Crippen LogP contribution is 2.32. The molecule has 3 heteroatoms. The molecule has 0 saturated carbocycles. The Morgan fingerprint density at radius 1 is 1.12 bits per heavy atom. The van der Waals surface area contributed by atoms with Gasteiger partial charge in [0.15, 0.2) is 0 Å². The van der Waals surface area contributed by atoms with Gasteiger partial charge in [-0.15, -0.1) is 0 Å². The van der Waals surface area contributed by atoms with Gasteiger partial charge in [0.2, 0.25) is 0 Å². The van der Waals surface area contributed by atoms with E-state index < -0.39 is 0 Å². The number of aliphatic hydroxyl groups excluding tert-OH is 1. The second kappa shape index (κ2) is 4.97. The Morgan fingerprint density at radius 3 is 2.59 bits per heavy atom. The fourth-order valence-corrected chi connectivity index (χ4v) is 1.81. The van der Waals surface area contributed by atoms with Crippen LogP contribution in [0.15, 0.2) is 42.5 Å². The van der Waals surface area contributed by atoms with Crippen molar-refractivity contribution < 1.29 is 14.2 Å². The van der Waals surface area contributed by atoms with E-state index in [4.69, 9.17) is 4.74 Å². The number of benzene rings is 2. The molecule has 0 aromatic heterocycles. The average molecular weight is 232 g/mol. The summed E-state index contributed by atoms with van der Waals surface area (Å²) < 4.78 is 18.5. The van der Waals surface area contributed by atoms with Crippen LogP contribution in [0.3, 0.4) is 0 Å². The van der Waals surface area contributed by atoms with Gasteiger partial charge in [0.05, 0.1) is 13.7 Å². The van der Waals surface area contributed by atoms with Crippen LogP contribution < -0.4 is 4.74 Å². The summed E-state index contributed by atoms with van der Waals surface area (Å²) in [6, 6.07) is 11.7. The van der Waals surface area contributed by atoms with Gasteiger partial charge in [-0.1, -0.05) is 24.3 Å². The first-order valence-corrected chi connectivity index (χ1v) is 5.29. The van der Waals surface area contributed by atoms with Crippen LogP contribution in [0.5, 0.6) is 5.75 Å². The largest absolute Gasteiger partial charge is 0.496 e. The van der Waals surface area contributed by atoms with Gasteiger partial charge in [0.1, 0.15) is 11.6 Å². The van der Waals surface area contributed by atoms with E-state index in [9.17, 15) is 9.50 Å². The summed E-state index contributed by atoms with van der Waals surface area (Å²) in [7, 11) is 1.54. The Labute approximate surface area is 99.3 Å². The van der Waals surface area contributed by atoms with Gasteiger partial charge >= 0.3 is 0 Å². The van der Waals surface area contributed by atoms with E-state index in [2.05, 4.69) is 0 Å². The quantitative estimate of drug-likeness (QED) is 0.881. The molecule has 88 valence electrons. The lowest BCUT2D eigenvalue weighted by Gasteiger charge is -2.11. The Bertz CT molecular complexity index is 523. The molecule has 0 amide bonds. The van der Waals surface area contributed by atoms with E-state index in [1.165, 1.54) is 19.2 Å². The van der Waals surface area contributed by atoms with Gasteiger partial charge in [-0.25, -0.2) is 4.39 Å². The summed E-state index contributed by atoms with van der Waals surface area (Å²) >= 11 is 0. The minimum absolute atomic E-state index is 0.0875. The summed E-state index contributed by atoms with van der Waals surface area (Å²) in [5.41, 5.74) is 2.18. The Morgan fingerprint density at radius 2 is 1.88 bits per heavy atom. The summed E-state index contributed by atoms with van der Waals surface area (Å²) in [6.07, 6.45) is 0. The summed E-state index contributed by atoms with van der Waals surface area (Å²) in [5, 5.41) is 9.28. The molecule has 0 unspecified atom stereocenters. The summed E-state index contributed by atoms with van der Waals surface area (Å²) in [4.78, 5) is 0. The van der Waals surface area contributed by atoms with E-state index in [0.717, 1.165) is 11.1 Å². The molecular weight excluding hydrogens is 219 g/mol. The zero-order chi connectivity index (χ0) is 12.3. The van der Waals surface area contributed by atoms with Crippen molar-refractivity contribution in [2.75, 3.05) is 7.11 Å². The van der Waals surface area contributed by atoms with Crippen LogP contribution in [0.4, 0.5) is 4.39 Å². The van der Waals surface area contributed by atoms with Gasteiger partial charge < -0.3 is 9.84 Å². The fourth-order valence-electron chi connectivity index (χ4n) is 1.81. The second-order valence-electron chi connectivity index (χ2n) is 3.66. The van der Waals surface area contributed by atoms with Crippen LogP contribution in [-0.4, -0.2) is 12.2 Å². The first kappa shape index (κ1) is 11.6. The second-order valence-corrected chi connectivity index (χ2v) is 3.66. The van der Waals surface area contributed by atoms with E-state index in [-0.39, 0.29) is 12.4 Å². The number of halogens is 1. The normalized spacial score (nSPS) is 10.3. The van der Waals surface area contributed by atoms with Gasteiger partial charge in [-0.3, -0.25) is 0 Å². The maximum atomic E-state index is 13.3. The van der Waals surface area contributed by atoms with Crippen molar-refractivity contribution in [3.8, 4) is 16.9 Å². The molecular formula is C14H13FO2. The van der Waals surface area contributed by atoms with Crippen LogP contribution >= 0.6 is 0 Å². The minimum Gasteiger partial charge on any atom is -0.496 e. The lowest BCUT2D eigenvalue weighted by molar-refractivity contribution is 0.282. The number of hydrogen-bond donors (Lipinski definition) is 1.